The number of nitriles is 1. The first-order chi connectivity index (χ1) is 12.0. The molecule has 0 atom stereocenters. The maximum atomic E-state index is 13.5. The fourth-order valence-corrected chi connectivity index (χ4v) is 3.38. The van der Waals surface area contributed by atoms with Crippen molar-refractivity contribution in [1.82, 2.24) is 9.80 Å². The van der Waals surface area contributed by atoms with Crippen LogP contribution < -0.4 is 0 Å². The number of rotatable bonds is 3. The average molecular weight is 402 g/mol. The second kappa shape index (κ2) is 7.77. The molecule has 0 aliphatic carbocycles. The predicted molar refractivity (Wildman–Crippen MR) is 96.4 cm³/mol. The van der Waals surface area contributed by atoms with E-state index in [-0.39, 0.29) is 5.91 Å². The molecule has 2 aromatic carbocycles. The molecule has 3 rings (SSSR count). The fourth-order valence-electron chi connectivity index (χ4n) is 2.91. The van der Waals surface area contributed by atoms with E-state index in [1.54, 1.807) is 11.0 Å². The smallest absolute Gasteiger partial charge is 0.254 e. The summed E-state index contributed by atoms with van der Waals surface area (Å²) in [5.41, 5.74) is 2.17. The summed E-state index contributed by atoms with van der Waals surface area (Å²) < 4.78 is 14.0. The highest BCUT2D eigenvalue weighted by Crippen LogP contribution is 2.18. The summed E-state index contributed by atoms with van der Waals surface area (Å²) in [6.45, 7) is 3.55. The third-order valence-corrected chi connectivity index (χ3v) is 4.72. The molecule has 1 aliphatic heterocycles. The Balaban J connectivity index is 1.57. The molecule has 0 spiro atoms. The van der Waals surface area contributed by atoms with Gasteiger partial charge in [-0.25, -0.2) is 4.39 Å². The number of amides is 1. The van der Waals surface area contributed by atoms with Crippen LogP contribution in [0, 0.1) is 17.1 Å². The van der Waals surface area contributed by atoms with Crippen molar-refractivity contribution in [2.24, 2.45) is 0 Å². The van der Waals surface area contributed by atoms with Crippen LogP contribution in [0.1, 0.15) is 21.5 Å². The Morgan fingerprint density at radius 3 is 2.40 bits per heavy atom. The summed E-state index contributed by atoms with van der Waals surface area (Å²) in [6.07, 6.45) is 0. The van der Waals surface area contributed by atoms with E-state index in [2.05, 4.69) is 26.9 Å². The molecular weight excluding hydrogens is 385 g/mol. The van der Waals surface area contributed by atoms with Crippen molar-refractivity contribution in [2.75, 3.05) is 26.2 Å². The van der Waals surface area contributed by atoms with Gasteiger partial charge in [-0.3, -0.25) is 9.69 Å². The van der Waals surface area contributed by atoms with Gasteiger partial charge in [0.1, 0.15) is 5.82 Å². The zero-order chi connectivity index (χ0) is 17.8. The number of carbonyl (C=O) groups excluding carboxylic acids is 1. The van der Waals surface area contributed by atoms with Gasteiger partial charge in [-0.1, -0.05) is 28.1 Å². The van der Waals surface area contributed by atoms with E-state index in [1.807, 2.05) is 24.3 Å². The second-order valence-corrected chi connectivity index (χ2v) is 6.95. The molecule has 6 heteroatoms. The summed E-state index contributed by atoms with van der Waals surface area (Å²) in [6, 6.07) is 13.9. The van der Waals surface area contributed by atoms with Gasteiger partial charge in [-0.15, -0.1) is 0 Å². The van der Waals surface area contributed by atoms with E-state index in [0.29, 0.717) is 28.7 Å². The molecule has 128 valence electrons. The molecule has 0 saturated carbocycles. The zero-order valence-corrected chi connectivity index (χ0v) is 15.2. The molecule has 1 aliphatic rings. The maximum Gasteiger partial charge on any atom is 0.254 e. The summed E-state index contributed by atoms with van der Waals surface area (Å²) in [5.74, 6) is -0.560. The van der Waals surface area contributed by atoms with Crippen molar-refractivity contribution in [1.29, 1.82) is 5.26 Å². The van der Waals surface area contributed by atoms with Crippen molar-refractivity contribution < 1.29 is 9.18 Å². The number of carbonyl (C=O) groups is 1. The number of halogens is 2. The first-order valence-electron chi connectivity index (χ1n) is 8.02. The molecule has 0 unspecified atom stereocenters. The van der Waals surface area contributed by atoms with Crippen LogP contribution in [0.15, 0.2) is 46.9 Å². The Morgan fingerprint density at radius 2 is 1.80 bits per heavy atom. The van der Waals surface area contributed by atoms with Gasteiger partial charge in [-0.2, -0.15) is 5.26 Å². The lowest BCUT2D eigenvalue weighted by Crippen LogP contribution is -2.48. The summed E-state index contributed by atoms with van der Waals surface area (Å²) in [5, 5.41) is 8.84. The number of hydrogen-bond donors (Lipinski definition) is 0. The third-order valence-electron chi connectivity index (χ3n) is 4.26. The van der Waals surface area contributed by atoms with Crippen molar-refractivity contribution >= 4 is 21.8 Å². The first kappa shape index (κ1) is 17.6. The SMILES string of the molecule is N#Cc1ccc(CN2CCN(C(=O)c3cc(F)cc(Br)c3)CC2)cc1. The maximum absolute atomic E-state index is 13.5. The quantitative estimate of drug-likeness (QED) is 0.791. The van der Waals surface area contributed by atoms with Gasteiger partial charge in [0.2, 0.25) is 0 Å². The molecular formula is C19H17BrFN3O. The Labute approximate surface area is 154 Å². The molecule has 0 bridgehead atoms. The predicted octanol–water partition coefficient (Wildman–Crippen LogP) is 3.42. The van der Waals surface area contributed by atoms with Crippen LogP contribution in [-0.2, 0) is 6.54 Å². The lowest BCUT2D eigenvalue weighted by Gasteiger charge is -2.34. The number of benzene rings is 2. The molecule has 2 aromatic rings. The molecule has 1 amide bonds. The number of hydrogen-bond acceptors (Lipinski definition) is 3. The Bertz CT molecular complexity index is 788. The first-order valence-corrected chi connectivity index (χ1v) is 8.81. The van der Waals surface area contributed by atoms with Crippen LogP contribution in [0.25, 0.3) is 0 Å². The average Bonchev–Trinajstić information content (AvgIpc) is 2.61. The van der Waals surface area contributed by atoms with Crippen LogP contribution in [0.4, 0.5) is 4.39 Å². The van der Waals surface area contributed by atoms with Gasteiger partial charge in [0.15, 0.2) is 0 Å². The third kappa shape index (κ3) is 4.44. The van der Waals surface area contributed by atoms with Crippen molar-refractivity contribution in [3.63, 3.8) is 0 Å². The van der Waals surface area contributed by atoms with Gasteiger partial charge in [0.05, 0.1) is 11.6 Å². The van der Waals surface area contributed by atoms with E-state index in [4.69, 9.17) is 5.26 Å². The molecule has 0 radical (unpaired) electrons. The van der Waals surface area contributed by atoms with Crippen LogP contribution in [0.5, 0.6) is 0 Å². The zero-order valence-electron chi connectivity index (χ0n) is 13.6. The highest BCUT2D eigenvalue weighted by atomic mass is 79.9. The molecule has 25 heavy (non-hydrogen) atoms. The largest absolute Gasteiger partial charge is 0.336 e. The van der Waals surface area contributed by atoms with Gasteiger partial charge >= 0.3 is 0 Å². The van der Waals surface area contributed by atoms with E-state index < -0.39 is 5.82 Å². The van der Waals surface area contributed by atoms with Crippen LogP contribution >= 0.6 is 15.9 Å². The summed E-state index contributed by atoms with van der Waals surface area (Å²) in [7, 11) is 0. The van der Waals surface area contributed by atoms with E-state index >= 15 is 0 Å². The highest BCUT2D eigenvalue weighted by Gasteiger charge is 2.22. The Kier molecular flexibility index (Phi) is 5.47. The Hall–Kier alpha value is -2.23. The minimum atomic E-state index is -0.419. The van der Waals surface area contributed by atoms with E-state index in [0.717, 1.165) is 25.2 Å². The van der Waals surface area contributed by atoms with Crippen molar-refractivity contribution in [3.05, 3.63) is 69.4 Å². The molecule has 1 saturated heterocycles. The molecule has 1 fully saturated rings. The van der Waals surface area contributed by atoms with E-state index in [9.17, 15) is 9.18 Å². The van der Waals surface area contributed by atoms with Crippen molar-refractivity contribution in [2.45, 2.75) is 6.54 Å². The van der Waals surface area contributed by atoms with Gasteiger partial charge in [-0.05, 0) is 35.9 Å². The summed E-state index contributed by atoms with van der Waals surface area (Å²) in [4.78, 5) is 16.6. The Morgan fingerprint density at radius 1 is 1.12 bits per heavy atom. The van der Waals surface area contributed by atoms with Crippen LogP contribution in [0.3, 0.4) is 0 Å². The van der Waals surface area contributed by atoms with Gasteiger partial charge < -0.3 is 4.90 Å². The number of piperazine rings is 1. The molecule has 0 aromatic heterocycles. The highest BCUT2D eigenvalue weighted by molar-refractivity contribution is 9.10. The van der Waals surface area contributed by atoms with Crippen LogP contribution in [-0.4, -0.2) is 41.9 Å². The van der Waals surface area contributed by atoms with Gasteiger partial charge in [0.25, 0.3) is 5.91 Å². The topological polar surface area (TPSA) is 47.3 Å². The molecule has 0 N–H and O–H groups in total. The lowest BCUT2D eigenvalue weighted by atomic mass is 10.1. The van der Waals surface area contributed by atoms with Crippen LogP contribution in [0.2, 0.25) is 0 Å². The summed E-state index contributed by atoms with van der Waals surface area (Å²) >= 11 is 3.22. The fraction of sp³-hybridized carbons (Fsp3) is 0.263. The number of nitrogens with zero attached hydrogens (tertiary/aromatic N) is 3. The minimum Gasteiger partial charge on any atom is -0.336 e. The second-order valence-electron chi connectivity index (χ2n) is 6.04. The minimum absolute atomic E-state index is 0.141. The molecule has 4 nitrogen and oxygen atoms in total. The van der Waals surface area contributed by atoms with Crippen molar-refractivity contribution in [3.8, 4) is 6.07 Å². The standard InChI is InChI=1S/C19H17BrFN3O/c20-17-9-16(10-18(21)11-17)19(25)24-7-5-23(6-8-24)13-15-3-1-14(12-22)2-4-15/h1-4,9-11H,5-8,13H2. The lowest BCUT2D eigenvalue weighted by molar-refractivity contribution is 0.0628. The van der Waals surface area contributed by atoms with E-state index in [1.165, 1.54) is 12.1 Å². The monoisotopic (exact) mass is 401 g/mol. The normalized spacial score (nSPS) is 15.0. The molecule has 1 heterocycles. The van der Waals surface area contributed by atoms with Gasteiger partial charge in [0, 0.05) is 42.8 Å².